The highest BCUT2D eigenvalue weighted by Crippen LogP contribution is 2.46. The third kappa shape index (κ3) is 5.33. The van der Waals surface area contributed by atoms with E-state index in [1.807, 2.05) is 6.92 Å². The Labute approximate surface area is 247 Å². The van der Waals surface area contributed by atoms with Crippen LogP contribution < -0.4 is 4.74 Å². The number of carboxylic acid groups (broad SMARTS) is 1. The first-order valence-corrected chi connectivity index (χ1v) is 14.7. The summed E-state index contributed by atoms with van der Waals surface area (Å²) in [5, 5.41) is 18.1. The molecule has 3 aliphatic rings. The van der Waals surface area contributed by atoms with Crippen LogP contribution in [0.2, 0.25) is 5.02 Å². The number of rotatable bonds is 8. The second-order valence-electron chi connectivity index (χ2n) is 11.9. The van der Waals surface area contributed by atoms with Gasteiger partial charge < -0.3 is 19.6 Å². The van der Waals surface area contributed by atoms with Gasteiger partial charge in [0.25, 0.3) is 6.43 Å². The van der Waals surface area contributed by atoms with Gasteiger partial charge in [0.1, 0.15) is 23.7 Å². The van der Waals surface area contributed by atoms with Crippen LogP contribution in [-0.2, 0) is 34.5 Å². The molecule has 5 rings (SSSR count). The number of benzene rings is 1. The van der Waals surface area contributed by atoms with E-state index in [-0.39, 0.29) is 42.3 Å². The first-order valence-electron chi connectivity index (χ1n) is 14.4. The normalized spacial score (nSPS) is 26.1. The highest BCUT2D eigenvalue weighted by molar-refractivity contribution is 6.31. The van der Waals surface area contributed by atoms with Crippen LogP contribution >= 0.6 is 11.6 Å². The molecule has 2 fully saturated rings. The third-order valence-electron chi connectivity index (χ3n) is 9.32. The summed E-state index contributed by atoms with van der Waals surface area (Å²) >= 11 is 6.66. The van der Waals surface area contributed by atoms with Gasteiger partial charge in [0.15, 0.2) is 0 Å². The van der Waals surface area contributed by atoms with Gasteiger partial charge in [-0.25, -0.2) is 13.5 Å². The number of amides is 2. The van der Waals surface area contributed by atoms with E-state index >= 15 is 0 Å². The molecule has 2 aliphatic heterocycles. The molecule has 0 radical (unpaired) electrons. The Morgan fingerprint density at radius 2 is 2.00 bits per heavy atom. The molecule has 0 bridgehead atoms. The molecule has 3 heterocycles. The quantitative estimate of drug-likeness (QED) is 0.467. The molecule has 1 aromatic carbocycles. The van der Waals surface area contributed by atoms with Crippen molar-refractivity contribution in [1.29, 1.82) is 0 Å². The van der Waals surface area contributed by atoms with Gasteiger partial charge >= 0.3 is 5.97 Å². The van der Waals surface area contributed by atoms with Crippen LogP contribution in [-0.4, -0.2) is 67.3 Å². The van der Waals surface area contributed by atoms with E-state index in [9.17, 15) is 28.3 Å². The number of ether oxygens (including phenoxy) is 1. The highest BCUT2D eigenvalue weighted by Gasteiger charge is 2.50. The fraction of sp³-hybridized carbons (Fsp3) is 0.621. The second kappa shape index (κ2) is 11.8. The summed E-state index contributed by atoms with van der Waals surface area (Å²) in [4.78, 5) is 43.1. The van der Waals surface area contributed by atoms with Gasteiger partial charge in [-0.15, -0.1) is 5.10 Å². The summed E-state index contributed by atoms with van der Waals surface area (Å²) < 4.78 is 34.5. The Bertz CT molecular complexity index is 1390. The van der Waals surface area contributed by atoms with Gasteiger partial charge in [0.05, 0.1) is 17.4 Å². The zero-order valence-corrected chi connectivity index (χ0v) is 24.7. The maximum absolute atomic E-state index is 14.3. The number of carbonyl (C=O) groups is 3. The molecule has 1 aromatic heterocycles. The Hall–Kier alpha value is -3.28. The summed E-state index contributed by atoms with van der Waals surface area (Å²) in [6.45, 7) is 4.22. The van der Waals surface area contributed by atoms with Gasteiger partial charge in [-0.2, -0.15) is 0 Å². The van der Waals surface area contributed by atoms with E-state index in [4.69, 9.17) is 16.3 Å². The number of halogens is 3. The number of aliphatic carboxylic acids is 1. The number of hydrogen-bond acceptors (Lipinski definition) is 6. The molecule has 4 atom stereocenters. The number of aryl methyl sites for hydroxylation is 1. The maximum Gasteiger partial charge on any atom is 0.310 e. The van der Waals surface area contributed by atoms with Crippen LogP contribution in [0.1, 0.15) is 80.9 Å². The molecule has 10 nitrogen and oxygen atoms in total. The fourth-order valence-electron chi connectivity index (χ4n) is 6.75. The zero-order valence-electron chi connectivity index (χ0n) is 24.0. The number of likely N-dealkylation sites (tertiary alicyclic amines) is 1. The fourth-order valence-corrected chi connectivity index (χ4v) is 7.01. The van der Waals surface area contributed by atoms with Crippen molar-refractivity contribution in [2.75, 3.05) is 19.6 Å². The topological polar surface area (TPSA) is 118 Å². The molecule has 13 heteroatoms. The average Bonchev–Trinajstić information content (AvgIpc) is 3.49. The molecule has 0 spiro atoms. The van der Waals surface area contributed by atoms with E-state index in [0.29, 0.717) is 55.1 Å². The molecule has 42 heavy (non-hydrogen) atoms. The predicted octanol–water partition coefficient (Wildman–Crippen LogP) is 4.56. The molecular weight excluding hydrogens is 572 g/mol. The summed E-state index contributed by atoms with van der Waals surface area (Å²) in [6.07, 6.45) is 0.623. The van der Waals surface area contributed by atoms with Crippen LogP contribution in [0.4, 0.5) is 8.78 Å². The lowest BCUT2D eigenvalue weighted by Crippen LogP contribution is -2.52. The molecule has 1 saturated carbocycles. The number of carboxylic acids is 1. The van der Waals surface area contributed by atoms with Crippen molar-refractivity contribution in [3.63, 3.8) is 0 Å². The molecule has 1 aliphatic carbocycles. The highest BCUT2D eigenvalue weighted by atomic mass is 35.5. The van der Waals surface area contributed by atoms with Gasteiger partial charge in [-0.1, -0.05) is 36.6 Å². The maximum atomic E-state index is 14.3. The van der Waals surface area contributed by atoms with Crippen LogP contribution in [0.15, 0.2) is 12.1 Å². The molecule has 0 unspecified atom stereocenters. The van der Waals surface area contributed by atoms with Gasteiger partial charge in [-0.05, 0) is 50.3 Å². The molecule has 1 N–H and O–H groups in total. The minimum absolute atomic E-state index is 0.0144. The molecular formula is C29H36ClF2N5O5. The van der Waals surface area contributed by atoms with Crippen molar-refractivity contribution in [2.24, 2.45) is 24.3 Å². The van der Waals surface area contributed by atoms with E-state index in [2.05, 4.69) is 10.3 Å². The summed E-state index contributed by atoms with van der Waals surface area (Å²) in [7, 11) is 1.38. The minimum Gasteiger partial charge on any atom is -0.487 e. The van der Waals surface area contributed by atoms with Crippen LogP contribution in [0, 0.1) is 17.3 Å². The number of hydrogen-bond donors (Lipinski definition) is 1. The lowest BCUT2D eigenvalue weighted by atomic mass is 9.66. The lowest BCUT2D eigenvalue weighted by molar-refractivity contribution is -0.162. The van der Waals surface area contributed by atoms with E-state index in [1.165, 1.54) is 7.05 Å². The van der Waals surface area contributed by atoms with Crippen LogP contribution in [0.5, 0.6) is 5.75 Å². The van der Waals surface area contributed by atoms with E-state index in [1.54, 1.807) is 28.9 Å². The standard InChI is InChI=1S/C29H36ClF2N5O5/c1-16-9-12-36(26(16)38)14-21-23-17(10-13-37(21)27(39)18-6-4-5-11-29(18,2)28(40)41)19(30)7-8-22(23)42-15-20-24(25(31)32)35(3)34-33-20/h7-8,16,18,21,25H,4-6,9-15H2,1-3H3,(H,40,41)/t16-,18+,21-,29+/m1/s1. The summed E-state index contributed by atoms with van der Waals surface area (Å²) in [5.41, 5.74) is -0.221. The van der Waals surface area contributed by atoms with Gasteiger partial charge in [0.2, 0.25) is 11.8 Å². The number of carbonyl (C=O) groups excluding carboxylic acids is 2. The number of aromatic nitrogens is 3. The van der Waals surface area contributed by atoms with Crippen molar-refractivity contribution in [3.8, 4) is 5.75 Å². The molecule has 2 amide bonds. The zero-order chi connectivity index (χ0) is 30.3. The van der Waals surface area contributed by atoms with Crippen molar-refractivity contribution >= 4 is 29.4 Å². The van der Waals surface area contributed by atoms with Gasteiger partial charge in [-0.3, -0.25) is 14.4 Å². The Balaban J connectivity index is 1.54. The smallest absolute Gasteiger partial charge is 0.310 e. The van der Waals surface area contributed by atoms with Crippen molar-refractivity contribution in [1.82, 2.24) is 24.8 Å². The predicted molar refractivity (Wildman–Crippen MR) is 148 cm³/mol. The lowest BCUT2D eigenvalue weighted by Gasteiger charge is -2.45. The number of nitrogens with zero attached hydrogens (tertiary/aromatic N) is 5. The first kappa shape index (κ1) is 30.2. The number of alkyl halides is 2. The Morgan fingerprint density at radius 3 is 2.67 bits per heavy atom. The first-order chi connectivity index (χ1) is 19.9. The van der Waals surface area contributed by atoms with E-state index in [0.717, 1.165) is 23.1 Å². The number of fused-ring (bicyclic) bond motifs is 1. The monoisotopic (exact) mass is 607 g/mol. The minimum atomic E-state index is -2.80. The third-order valence-corrected chi connectivity index (χ3v) is 9.68. The Morgan fingerprint density at radius 1 is 1.24 bits per heavy atom. The second-order valence-corrected chi connectivity index (χ2v) is 12.3. The van der Waals surface area contributed by atoms with Crippen molar-refractivity contribution in [3.05, 3.63) is 39.7 Å². The van der Waals surface area contributed by atoms with Gasteiger partial charge in [0, 0.05) is 43.2 Å². The molecule has 228 valence electrons. The Kier molecular flexibility index (Phi) is 8.46. The summed E-state index contributed by atoms with van der Waals surface area (Å²) in [6, 6.07) is 2.64. The van der Waals surface area contributed by atoms with E-state index < -0.39 is 29.8 Å². The SMILES string of the molecule is C[C@@H]1CCN(C[C@@H]2c3c(OCc4nnn(C)c4C(F)F)ccc(Cl)c3CCN2C(=O)[C@@H]2CCCC[C@]2(C)C(=O)O)C1=O. The van der Waals surface area contributed by atoms with Crippen LogP contribution in [0.3, 0.4) is 0 Å². The van der Waals surface area contributed by atoms with Crippen molar-refractivity contribution in [2.45, 2.75) is 71.4 Å². The van der Waals surface area contributed by atoms with Crippen LogP contribution in [0.25, 0.3) is 0 Å². The largest absolute Gasteiger partial charge is 0.487 e. The molecule has 1 saturated heterocycles. The average molecular weight is 608 g/mol. The molecule has 2 aromatic rings. The summed E-state index contributed by atoms with van der Waals surface area (Å²) in [5.74, 6) is -1.82. The van der Waals surface area contributed by atoms with Crippen molar-refractivity contribution < 1.29 is 33.0 Å².